The Morgan fingerprint density at radius 3 is 2.84 bits per heavy atom. The van der Waals surface area contributed by atoms with Crippen molar-refractivity contribution >= 4 is 33.4 Å². The molecule has 1 saturated carbocycles. The molecule has 3 aromatic rings. The zero-order valence-corrected chi connectivity index (χ0v) is 19.1. The molecule has 1 atom stereocenters. The fourth-order valence-corrected chi connectivity index (χ4v) is 5.62. The minimum absolute atomic E-state index is 0.0919. The number of piperidine rings is 1. The maximum Gasteiger partial charge on any atom is 0.277 e. The van der Waals surface area contributed by atoms with Crippen molar-refractivity contribution in [2.45, 2.75) is 44.6 Å². The molecule has 8 heteroatoms. The van der Waals surface area contributed by atoms with Crippen molar-refractivity contribution < 1.29 is 9.53 Å². The Hall–Kier alpha value is -2.87. The van der Waals surface area contributed by atoms with Crippen LogP contribution in [0.25, 0.3) is 15.9 Å². The highest BCUT2D eigenvalue weighted by Gasteiger charge is 2.30. The van der Waals surface area contributed by atoms with E-state index < -0.39 is 0 Å². The number of thiophene rings is 1. The summed E-state index contributed by atoms with van der Waals surface area (Å²) in [7, 11) is 1.61. The quantitative estimate of drug-likeness (QED) is 0.638. The monoisotopic (exact) mass is 452 g/mol. The van der Waals surface area contributed by atoms with Gasteiger partial charge in [-0.25, -0.2) is 9.55 Å². The van der Waals surface area contributed by atoms with Crippen molar-refractivity contribution in [1.29, 1.82) is 0 Å². The van der Waals surface area contributed by atoms with Gasteiger partial charge in [-0.05, 0) is 49.3 Å². The van der Waals surface area contributed by atoms with Gasteiger partial charge in [0.25, 0.3) is 5.56 Å². The lowest BCUT2D eigenvalue weighted by Gasteiger charge is -2.34. The van der Waals surface area contributed by atoms with Crippen LogP contribution in [0, 0.1) is 5.92 Å². The molecule has 2 aliphatic rings. The highest BCUT2D eigenvalue weighted by molar-refractivity contribution is 7.17. The number of benzene rings is 1. The first-order chi connectivity index (χ1) is 15.6. The Labute approximate surface area is 191 Å². The van der Waals surface area contributed by atoms with E-state index in [-0.39, 0.29) is 17.4 Å². The van der Waals surface area contributed by atoms with E-state index >= 15 is 0 Å². The van der Waals surface area contributed by atoms with Crippen LogP contribution >= 0.6 is 11.3 Å². The second-order valence-electron chi connectivity index (χ2n) is 8.66. The third-order valence-corrected chi connectivity index (χ3v) is 7.44. The van der Waals surface area contributed by atoms with Gasteiger partial charge in [0.1, 0.15) is 10.4 Å². The van der Waals surface area contributed by atoms with Crippen LogP contribution in [0.3, 0.4) is 0 Å². The predicted octanol–water partition coefficient (Wildman–Crippen LogP) is 3.73. The third kappa shape index (κ3) is 3.99. The molecule has 0 bridgehead atoms. The molecule has 5 rings (SSSR count). The summed E-state index contributed by atoms with van der Waals surface area (Å²) >= 11 is 1.40. The molecule has 1 amide bonds. The number of ether oxygens (including phenoxy) is 1. The number of aromatic nitrogens is 2. The van der Waals surface area contributed by atoms with E-state index in [0.29, 0.717) is 40.2 Å². The largest absolute Gasteiger partial charge is 0.497 e. The molecule has 32 heavy (non-hydrogen) atoms. The molecule has 2 fully saturated rings. The van der Waals surface area contributed by atoms with E-state index in [4.69, 9.17) is 9.72 Å². The number of carbonyl (C=O) groups is 1. The first kappa shape index (κ1) is 21.0. The number of nitrogens with one attached hydrogen (secondary N) is 1. The number of nitrogens with zero attached hydrogens (tertiary/aromatic N) is 3. The molecule has 0 unspecified atom stereocenters. The van der Waals surface area contributed by atoms with Gasteiger partial charge >= 0.3 is 0 Å². The van der Waals surface area contributed by atoms with E-state index in [1.807, 2.05) is 35.7 Å². The molecular weight excluding hydrogens is 424 g/mol. The molecule has 1 aliphatic carbocycles. The van der Waals surface area contributed by atoms with Gasteiger partial charge in [0.2, 0.25) is 11.9 Å². The van der Waals surface area contributed by atoms with Crippen LogP contribution in [0.2, 0.25) is 0 Å². The molecule has 1 aliphatic heterocycles. The summed E-state index contributed by atoms with van der Waals surface area (Å²) in [5.41, 5.74) is 1.32. The minimum Gasteiger partial charge on any atom is -0.497 e. The number of methoxy groups -OCH3 is 1. The molecule has 1 aromatic carbocycles. The number of anilines is 1. The van der Waals surface area contributed by atoms with E-state index in [2.05, 4.69) is 10.2 Å². The molecular formula is C24H28N4O3S. The normalized spacial score (nSPS) is 19.4. The smallest absolute Gasteiger partial charge is 0.277 e. The van der Waals surface area contributed by atoms with Crippen LogP contribution in [-0.4, -0.2) is 41.7 Å². The molecule has 1 saturated heterocycles. The number of amides is 1. The van der Waals surface area contributed by atoms with Crippen molar-refractivity contribution in [3.8, 4) is 11.4 Å². The lowest BCUT2D eigenvalue weighted by molar-refractivity contribution is -0.125. The second kappa shape index (κ2) is 8.94. The standard InChI is InChI=1S/C24H28N4O3S/c1-31-19-10-4-9-18(14-19)28-23(30)21-20(11-13-32-21)26-24(28)27-12-5-6-16(15-27)22(29)25-17-7-2-3-8-17/h4,9-11,13-14,16-17H,2-3,5-8,12,15H2,1H3,(H,25,29)/t16-/m0/s1. The van der Waals surface area contributed by atoms with Gasteiger partial charge in [0.15, 0.2) is 0 Å². The third-order valence-electron chi connectivity index (χ3n) is 6.55. The van der Waals surface area contributed by atoms with Gasteiger partial charge in [-0.15, -0.1) is 11.3 Å². The summed E-state index contributed by atoms with van der Waals surface area (Å²) in [5.74, 6) is 1.30. The Balaban J connectivity index is 1.51. The number of rotatable bonds is 5. The number of carbonyl (C=O) groups excluding carboxylic acids is 1. The van der Waals surface area contributed by atoms with E-state index in [1.54, 1.807) is 11.7 Å². The highest BCUT2D eigenvalue weighted by Crippen LogP contribution is 2.28. The fourth-order valence-electron chi connectivity index (χ4n) is 4.86. The van der Waals surface area contributed by atoms with Crippen LogP contribution in [0.15, 0.2) is 40.5 Å². The van der Waals surface area contributed by atoms with Gasteiger partial charge in [-0.1, -0.05) is 18.9 Å². The van der Waals surface area contributed by atoms with Crippen molar-refractivity contribution in [3.63, 3.8) is 0 Å². The Morgan fingerprint density at radius 1 is 1.19 bits per heavy atom. The van der Waals surface area contributed by atoms with E-state index in [0.717, 1.165) is 32.2 Å². The summed E-state index contributed by atoms with van der Waals surface area (Å²) in [6.07, 6.45) is 6.29. The Kier molecular flexibility index (Phi) is 5.87. The van der Waals surface area contributed by atoms with Gasteiger partial charge in [0, 0.05) is 25.2 Å². The van der Waals surface area contributed by atoms with Crippen molar-refractivity contribution in [1.82, 2.24) is 14.9 Å². The average Bonchev–Trinajstić information content (AvgIpc) is 3.51. The molecule has 7 nitrogen and oxygen atoms in total. The minimum atomic E-state index is -0.0989. The highest BCUT2D eigenvalue weighted by atomic mass is 32.1. The SMILES string of the molecule is COc1cccc(-n2c(N3CCC[C@H](C(=O)NC4CCCC4)C3)nc3ccsc3c2=O)c1. The zero-order chi connectivity index (χ0) is 22.1. The number of fused-ring (bicyclic) bond motifs is 1. The summed E-state index contributed by atoms with van der Waals surface area (Å²) < 4.78 is 7.68. The molecule has 1 N–H and O–H groups in total. The first-order valence-electron chi connectivity index (χ1n) is 11.3. The van der Waals surface area contributed by atoms with Gasteiger partial charge < -0.3 is 15.0 Å². The molecule has 3 heterocycles. The van der Waals surface area contributed by atoms with E-state index in [1.165, 1.54) is 24.2 Å². The Morgan fingerprint density at radius 2 is 2.03 bits per heavy atom. The lowest BCUT2D eigenvalue weighted by Crippen LogP contribution is -2.46. The summed E-state index contributed by atoms with van der Waals surface area (Å²) in [6, 6.07) is 9.66. The van der Waals surface area contributed by atoms with Crippen molar-refractivity contribution in [3.05, 3.63) is 46.1 Å². The number of hydrogen-bond donors (Lipinski definition) is 1. The van der Waals surface area contributed by atoms with Crippen molar-refractivity contribution in [2.75, 3.05) is 25.1 Å². The van der Waals surface area contributed by atoms with Crippen LogP contribution in [-0.2, 0) is 4.79 Å². The van der Waals surface area contributed by atoms with E-state index in [9.17, 15) is 9.59 Å². The number of hydrogen-bond acceptors (Lipinski definition) is 6. The Bertz CT molecular complexity index is 1180. The topological polar surface area (TPSA) is 76.5 Å². The lowest BCUT2D eigenvalue weighted by atomic mass is 9.97. The van der Waals surface area contributed by atoms with Gasteiger partial charge in [-0.2, -0.15) is 0 Å². The van der Waals surface area contributed by atoms with Gasteiger partial charge in [0.05, 0.1) is 24.2 Å². The van der Waals surface area contributed by atoms with Crippen molar-refractivity contribution in [2.24, 2.45) is 5.92 Å². The molecule has 168 valence electrons. The first-order valence-corrected chi connectivity index (χ1v) is 12.2. The van der Waals surface area contributed by atoms with Crippen LogP contribution in [0.1, 0.15) is 38.5 Å². The zero-order valence-electron chi connectivity index (χ0n) is 18.3. The van der Waals surface area contributed by atoms with Crippen LogP contribution < -0.4 is 20.5 Å². The predicted molar refractivity (Wildman–Crippen MR) is 127 cm³/mol. The summed E-state index contributed by atoms with van der Waals surface area (Å²) in [4.78, 5) is 33.4. The molecule has 0 radical (unpaired) electrons. The summed E-state index contributed by atoms with van der Waals surface area (Å²) in [6.45, 7) is 1.32. The van der Waals surface area contributed by atoms with Crippen LogP contribution in [0.4, 0.5) is 5.95 Å². The van der Waals surface area contributed by atoms with Gasteiger partial charge in [-0.3, -0.25) is 9.59 Å². The van der Waals surface area contributed by atoms with Crippen LogP contribution in [0.5, 0.6) is 5.75 Å². The molecule has 0 spiro atoms. The maximum absolute atomic E-state index is 13.5. The average molecular weight is 453 g/mol. The maximum atomic E-state index is 13.5. The fraction of sp³-hybridized carbons (Fsp3) is 0.458. The summed E-state index contributed by atoms with van der Waals surface area (Å²) in [5, 5.41) is 5.15. The molecule has 2 aromatic heterocycles. The second-order valence-corrected chi connectivity index (χ2v) is 9.58.